The van der Waals surface area contributed by atoms with Gasteiger partial charge in [0.1, 0.15) is 11.6 Å². The van der Waals surface area contributed by atoms with Crippen LogP contribution in [0.15, 0.2) is 41.4 Å². The first-order valence-electron chi connectivity index (χ1n) is 8.21. The van der Waals surface area contributed by atoms with Crippen molar-refractivity contribution in [2.45, 2.75) is 32.9 Å². The van der Waals surface area contributed by atoms with Crippen molar-refractivity contribution in [2.75, 3.05) is 12.1 Å². The summed E-state index contributed by atoms with van der Waals surface area (Å²) in [7, 11) is 0. The molecule has 0 atom stereocenters. The third-order valence-electron chi connectivity index (χ3n) is 4.00. The number of hydrogen-bond donors (Lipinski definition) is 2. The number of aliphatic imine (C=N–C) groups is 1. The van der Waals surface area contributed by atoms with E-state index in [0.29, 0.717) is 29.4 Å². The van der Waals surface area contributed by atoms with Gasteiger partial charge < -0.3 is 20.5 Å². The molecule has 7 heteroatoms. The van der Waals surface area contributed by atoms with Gasteiger partial charge in [0.15, 0.2) is 12.8 Å². The summed E-state index contributed by atoms with van der Waals surface area (Å²) in [4.78, 5) is 4.31. The molecule has 0 aromatic heterocycles. The minimum atomic E-state index is -0.339. The highest BCUT2D eigenvalue weighted by Gasteiger charge is 2.16. The average molecular weight is 471 g/mol. The summed E-state index contributed by atoms with van der Waals surface area (Å²) in [6, 6.07) is 10.8. The summed E-state index contributed by atoms with van der Waals surface area (Å²) in [5.41, 5.74) is 9.40. The Morgan fingerprint density at radius 1 is 1.31 bits per heavy atom. The van der Waals surface area contributed by atoms with Crippen LogP contribution in [-0.4, -0.2) is 12.8 Å². The maximum absolute atomic E-state index is 13.7. The number of rotatable bonds is 4. The van der Waals surface area contributed by atoms with Crippen LogP contribution in [0.3, 0.4) is 0 Å². The molecule has 0 amide bonds. The van der Waals surface area contributed by atoms with Crippen LogP contribution >= 0.6 is 24.0 Å². The van der Waals surface area contributed by atoms with Gasteiger partial charge in [0, 0.05) is 16.8 Å². The lowest BCUT2D eigenvalue weighted by Gasteiger charge is -2.20. The molecule has 0 fully saturated rings. The summed E-state index contributed by atoms with van der Waals surface area (Å²) < 4.78 is 24.4. The topological polar surface area (TPSA) is 68.9 Å². The number of nitrogens with two attached hydrogens (primary N) is 1. The highest BCUT2D eigenvalue weighted by atomic mass is 127. The molecule has 1 aliphatic rings. The number of nitrogens with zero attached hydrogens (tertiary/aromatic N) is 1. The van der Waals surface area contributed by atoms with Crippen LogP contribution in [0.25, 0.3) is 0 Å². The second kappa shape index (κ2) is 9.18. The van der Waals surface area contributed by atoms with E-state index in [1.165, 1.54) is 17.7 Å². The molecule has 0 unspecified atom stereocenters. The zero-order valence-corrected chi connectivity index (χ0v) is 17.1. The number of guanidine groups is 1. The highest BCUT2D eigenvalue weighted by molar-refractivity contribution is 14.0. The van der Waals surface area contributed by atoms with E-state index < -0.39 is 0 Å². The smallest absolute Gasteiger partial charge is 0.193 e. The predicted molar refractivity (Wildman–Crippen MR) is 112 cm³/mol. The predicted octanol–water partition coefficient (Wildman–Crippen LogP) is 4.36. The van der Waals surface area contributed by atoms with Crippen molar-refractivity contribution >= 4 is 35.6 Å². The van der Waals surface area contributed by atoms with Gasteiger partial charge >= 0.3 is 0 Å². The molecular formula is C19H23FIN3O2. The summed E-state index contributed by atoms with van der Waals surface area (Å²) in [6.07, 6.45) is 0. The molecule has 0 bridgehead atoms. The van der Waals surface area contributed by atoms with Gasteiger partial charge in [-0.25, -0.2) is 9.38 Å². The number of fused-ring (bicyclic) bond motifs is 1. The lowest BCUT2D eigenvalue weighted by Crippen LogP contribution is -2.23. The number of nitrogens with one attached hydrogen (secondary N) is 1. The van der Waals surface area contributed by atoms with E-state index in [1.807, 2.05) is 18.2 Å². The van der Waals surface area contributed by atoms with E-state index >= 15 is 0 Å². The van der Waals surface area contributed by atoms with Gasteiger partial charge in [-0.15, -0.1) is 24.0 Å². The van der Waals surface area contributed by atoms with Crippen LogP contribution in [0.4, 0.5) is 10.1 Å². The second-order valence-electron chi connectivity index (χ2n) is 6.27. The number of anilines is 1. The first-order valence-corrected chi connectivity index (χ1v) is 8.21. The molecule has 5 nitrogen and oxygen atoms in total. The van der Waals surface area contributed by atoms with E-state index in [2.05, 4.69) is 30.2 Å². The van der Waals surface area contributed by atoms with Crippen LogP contribution < -0.4 is 15.8 Å². The van der Waals surface area contributed by atoms with Gasteiger partial charge in [0.05, 0.1) is 13.2 Å². The molecule has 1 heterocycles. The first-order chi connectivity index (χ1) is 12.0. The van der Waals surface area contributed by atoms with Crippen molar-refractivity contribution in [3.63, 3.8) is 0 Å². The van der Waals surface area contributed by atoms with Gasteiger partial charge in [-0.2, -0.15) is 0 Å². The maximum atomic E-state index is 13.7. The Morgan fingerprint density at radius 3 is 2.88 bits per heavy atom. The molecule has 0 saturated carbocycles. The quantitative estimate of drug-likeness (QED) is 0.395. The summed E-state index contributed by atoms with van der Waals surface area (Å²) in [5, 5.41) is 3.07. The Labute approximate surface area is 169 Å². The van der Waals surface area contributed by atoms with E-state index in [1.54, 1.807) is 0 Å². The molecule has 1 aliphatic heterocycles. The summed E-state index contributed by atoms with van der Waals surface area (Å²) in [5.74, 6) is 0.990. The number of hydrogen-bond acceptors (Lipinski definition) is 3. The monoisotopic (exact) mass is 471 g/mol. The molecule has 0 saturated heterocycles. The minimum Gasteiger partial charge on any atom is -0.467 e. The lowest BCUT2D eigenvalue weighted by molar-refractivity contribution is -0.0172. The fourth-order valence-corrected chi connectivity index (χ4v) is 2.71. The van der Waals surface area contributed by atoms with E-state index in [0.717, 1.165) is 5.69 Å². The molecule has 2 aromatic carbocycles. The Morgan fingerprint density at radius 2 is 2.12 bits per heavy atom. The van der Waals surface area contributed by atoms with Gasteiger partial charge in [-0.3, -0.25) is 0 Å². The fourth-order valence-electron chi connectivity index (χ4n) is 2.71. The van der Waals surface area contributed by atoms with Crippen molar-refractivity contribution in [1.82, 2.24) is 0 Å². The summed E-state index contributed by atoms with van der Waals surface area (Å²) in [6.45, 7) is 4.98. The van der Waals surface area contributed by atoms with Crippen molar-refractivity contribution < 1.29 is 13.9 Å². The zero-order chi connectivity index (χ0) is 17.8. The number of halogens is 2. The van der Waals surface area contributed by atoms with Crippen molar-refractivity contribution in [1.29, 1.82) is 0 Å². The minimum absolute atomic E-state index is 0. The average Bonchev–Trinajstić information content (AvgIpc) is 2.59. The molecule has 2 aromatic rings. The molecule has 3 N–H and O–H groups in total. The number of ether oxygens (including phenoxy) is 2. The first kappa shape index (κ1) is 20.4. The second-order valence-corrected chi connectivity index (χ2v) is 6.27. The van der Waals surface area contributed by atoms with Crippen molar-refractivity contribution in [3.8, 4) is 5.75 Å². The molecular weight excluding hydrogens is 448 g/mol. The maximum Gasteiger partial charge on any atom is 0.193 e. The molecule has 140 valence electrons. The van der Waals surface area contributed by atoms with Gasteiger partial charge in [-0.1, -0.05) is 26.0 Å². The largest absolute Gasteiger partial charge is 0.467 e. The van der Waals surface area contributed by atoms with Crippen LogP contribution in [0.2, 0.25) is 0 Å². The standard InChI is InChI=1S/C19H22FN3O2.HI/c1-12(2)13-4-3-5-17(8-13)23-19(21)22-9-14-6-16(20)7-15-10-24-11-25-18(14)15;/h3-8,12H,9-11H2,1-2H3,(H3,21,22,23);1H. The number of benzene rings is 2. The van der Waals surface area contributed by atoms with Gasteiger partial charge in [0.25, 0.3) is 0 Å². The molecule has 26 heavy (non-hydrogen) atoms. The molecule has 0 radical (unpaired) electrons. The Bertz CT molecular complexity index is 796. The Balaban J connectivity index is 0.00000243. The van der Waals surface area contributed by atoms with Crippen LogP contribution in [0.5, 0.6) is 5.75 Å². The molecule has 0 aliphatic carbocycles. The van der Waals surface area contributed by atoms with Crippen molar-refractivity contribution in [3.05, 3.63) is 58.9 Å². The van der Waals surface area contributed by atoms with Crippen molar-refractivity contribution in [2.24, 2.45) is 10.7 Å². The van der Waals surface area contributed by atoms with Crippen LogP contribution in [-0.2, 0) is 17.9 Å². The van der Waals surface area contributed by atoms with Gasteiger partial charge in [0.2, 0.25) is 0 Å². The molecule has 0 spiro atoms. The Kier molecular flexibility index (Phi) is 7.22. The van der Waals surface area contributed by atoms with Gasteiger partial charge in [-0.05, 0) is 35.7 Å². The summed E-state index contributed by atoms with van der Waals surface area (Å²) >= 11 is 0. The Hall–Kier alpha value is -1.87. The SMILES string of the molecule is CC(C)c1cccc(NC(N)=NCc2cc(F)cc3c2OCOC3)c1.I. The zero-order valence-electron chi connectivity index (χ0n) is 14.8. The third-order valence-corrected chi connectivity index (χ3v) is 4.00. The van der Waals surface area contributed by atoms with Crippen LogP contribution in [0, 0.1) is 5.82 Å². The third kappa shape index (κ3) is 5.07. The highest BCUT2D eigenvalue weighted by Crippen LogP contribution is 2.30. The normalized spacial score (nSPS) is 13.6. The molecule has 3 rings (SSSR count). The van der Waals surface area contributed by atoms with E-state index in [9.17, 15) is 4.39 Å². The lowest BCUT2D eigenvalue weighted by atomic mass is 10.0. The van der Waals surface area contributed by atoms with Crippen LogP contribution in [0.1, 0.15) is 36.5 Å². The fraction of sp³-hybridized carbons (Fsp3) is 0.316. The van der Waals surface area contributed by atoms with E-state index in [-0.39, 0.29) is 49.1 Å². The van der Waals surface area contributed by atoms with E-state index in [4.69, 9.17) is 15.2 Å².